The number of hydrogen-bond donors (Lipinski definition) is 0. The van der Waals surface area contributed by atoms with Gasteiger partial charge in [0, 0.05) is 29.8 Å². The van der Waals surface area contributed by atoms with Gasteiger partial charge in [-0.05, 0) is 55.4 Å². The second kappa shape index (κ2) is 6.16. The van der Waals surface area contributed by atoms with Gasteiger partial charge in [0.15, 0.2) is 0 Å². The Balaban J connectivity index is 1.70. The Bertz CT molecular complexity index is 1020. The van der Waals surface area contributed by atoms with Gasteiger partial charge < -0.3 is 0 Å². The first-order valence-corrected chi connectivity index (χ1v) is 8.43. The second-order valence-corrected chi connectivity index (χ2v) is 6.71. The van der Waals surface area contributed by atoms with E-state index >= 15 is 0 Å². The van der Waals surface area contributed by atoms with Crippen LogP contribution >= 0.6 is 0 Å². The number of alkyl halides is 2. The molecule has 0 bridgehead atoms. The molecule has 3 aromatic rings. The van der Waals surface area contributed by atoms with Gasteiger partial charge in [-0.3, -0.25) is 14.3 Å². The minimum Gasteiger partial charge on any atom is -0.281 e. The molecule has 0 aromatic carbocycles. The van der Waals surface area contributed by atoms with Gasteiger partial charge in [-0.15, -0.1) is 0 Å². The first-order chi connectivity index (χ1) is 12.5. The molecule has 26 heavy (non-hydrogen) atoms. The Morgan fingerprint density at radius 1 is 1.15 bits per heavy atom. The topological polar surface area (TPSA) is 52.7 Å². The van der Waals surface area contributed by atoms with E-state index in [1.807, 2.05) is 32.0 Å². The van der Waals surface area contributed by atoms with Crippen LogP contribution in [0.2, 0.25) is 0 Å². The van der Waals surface area contributed by atoms with Gasteiger partial charge in [0.25, 0.3) is 5.56 Å². The van der Waals surface area contributed by atoms with Crippen LogP contribution in [0, 0.1) is 13.8 Å². The molecule has 3 heterocycles. The van der Waals surface area contributed by atoms with Crippen molar-refractivity contribution in [3.05, 3.63) is 75.7 Å². The minimum atomic E-state index is -2.65. The molecule has 3 aromatic heterocycles. The molecule has 1 saturated carbocycles. The smallest absolute Gasteiger partial charge is 0.281 e. The molecular weight excluding hydrogens is 338 g/mol. The van der Waals surface area contributed by atoms with E-state index in [0.29, 0.717) is 10.2 Å². The fourth-order valence-corrected chi connectivity index (χ4v) is 3.50. The number of pyridine rings is 2. The van der Waals surface area contributed by atoms with E-state index in [1.54, 1.807) is 17.0 Å². The molecule has 0 spiro atoms. The molecular formula is C19H18F2N4O. The van der Waals surface area contributed by atoms with Crippen LogP contribution < -0.4 is 5.56 Å². The fourth-order valence-electron chi connectivity index (χ4n) is 3.50. The maximum absolute atomic E-state index is 13.1. The van der Waals surface area contributed by atoms with Gasteiger partial charge in [-0.25, -0.2) is 4.68 Å². The summed E-state index contributed by atoms with van der Waals surface area (Å²) in [6, 6.07) is 5.60. The molecule has 0 saturated heterocycles. The third-order valence-electron chi connectivity index (χ3n) is 4.98. The normalized spacial score (nSPS) is 19.1. The van der Waals surface area contributed by atoms with Crippen LogP contribution in [0.25, 0.3) is 5.69 Å². The lowest BCUT2D eigenvalue weighted by molar-refractivity contribution is 0.0565. The van der Waals surface area contributed by atoms with Crippen LogP contribution in [0.5, 0.6) is 0 Å². The molecule has 0 N–H and O–H groups in total. The van der Waals surface area contributed by atoms with E-state index in [9.17, 15) is 13.6 Å². The SMILES string of the molecule is Cc1cnccc1-n1c(C)ccc([C@H]2C[C@@H]2c2cnn(C(F)F)c2)c1=O. The van der Waals surface area contributed by atoms with Gasteiger partial charge in [0.1, 0.15) is 0 Å². The van der Waals surface area contributed by atoms with Crippen LogP contribution in [-0.2, 0) is 0 Å². The lowest BCUT2D eigenvalue weighted by Gasteiger charge is -2.14. The zero-order valence-corrected chi connectivity index (χ0v) is 14.4. The summed E-state index contributed by atoms with van der Waals surface area (Å²) in [4.78, 5) is 17.2. The summed E-state index contributed by atoms with van der Waals surface area (Å²) in [5.41, 5.74) is 3.97. The van der Waals surface area contributed by atoms with Crippen molar-refractivity contribution in [1.82, 2.24) is 19.3 Å². The molecule has 0 radical (unpaired) electrons. The number of rotatable bonds is 4. The van der Waals surface area contributed by atoms with E-state index in [1.165, 1.54) is 12.4 Å². The average Bonchev–Trinajstić information content (AvgIpc) is 3.23. The van der Waals surface area contributed by atoms with Crippen molar-refractivity contribution < 1.29 is 8.78 Å². The quantitative estimate of drug-likeness (QED) is 0.716. The van der Waals surface area contributed by atoms with E-state index < -0.39 is 6.55 Å². The molecule has 4 rings (SSSR count). The molecule has 7 heteroatoms. The van der Waals surface area contributed by atoms with Gasteiger partial charge in [0.05, 0.1) is 11.9 Å². The number of hydrogen-bond acceptors (Lipinski definition) is 3. The lowest BCUT2D eigenvalue weighted by Crippen LogP contribution is -2.24. The van der Waals surface area contributed by atoms with E-state index in [-0.39, 0.29) is 17.4 Å². The number of halogens is 2. The third-order valence-corrected chi connectivity index (χ3v) is 4.98. The number of aromatic nitrogens is 4. The van der Waals surface area contributed by atoms with Crippen LogP contribution in [0.15, 0.2) is 47.8 Å². The standard InChI is InChI=1S/C19H18F2N4O/c1-11-8-22-6-5-17(11)25-12(2)3-4-14(18(25)26)16-7-15(16)13-9-23-24(10-13)19(20)21/h3-6,8-10,15-16,19H,7H2,1-2H3/t15-,16-/m1/s1. The Labute approximate surface area is 148 Å². The highest BCUT2D eigenvalue weighted by Crippen LogP contribution is 2.53. The van der Waals surface area contributed by atoms with Gasteiger partial charge in [-0.1, -0.05) is 6.07 Å². The number of aryl methyl sites for hydroxylation is 2. The molecule has 1 aliphatic carbocycles. The predicted octanol–water partition coefficient (Wildman–Crippen LogP) is 3.71. The summed E-state index contributed by atoms with van der Waals surface area (Å²) in [5, 5.41) is 3.69. The van der Waals surface area contributed by atoms with Crippen LogP contribution in [0.4, 0.5) is 8.78 Å². The lowest BCUT2D eigenvalue weighted by atomic mass is 10.1. The van der Waals surface area contributed by atoms with Crippen molar-refractivity contribution in [2.45, 2.75) is 38.7 Å². The van der Waals surface area contributed by atoms with E-state index in [0.717, 1.165) is 28.9 Å². The molecule has 0 amide bonds. The Morgan fingerprint density at radius 3 is 2.65 bits per heavy atom. The summed E-state index contributed by atoms with van der Waals surface area (Å²) >= 11 is 0. The second-order valence-electron chi connectivity index (χ2n) is 6.71. The molecule has 2 atom stereocenters. The molecule has 0 aliphatic heterocycles. The highest BCUT2D eigenvalue weighted by Gasteiger charge is 2.42. The fraction of sp³-hybridized carbons (Fsp3) is 0.316. The van der Waals surface area contributed by atoms with Crippen molar-refractivity contribution in [2.24, 2.45) is 0 Å². The largest absolute Gasteiger partial charge is 0.333 e. The monoisotopic (exact) mass is 356 g/mol. The van der Waals surface area contributed by atoms with Gasteiger partial charge in [0.2, 0.25) is 0 Å². The van der Waals surface area contributed by atoms with Gasteiger partial charge >= 0.3 is 6.55 Å². The van der Waals surface area contributed by atoms with Crippen LogP contribution in [0.3, 0.4) is 0 Å². The predicted molar refractivity (Wildman–Crippen MR) is 92.9 cm³/mol. The Morgan fingerprint density at radius 2 is 1.96 bits per heavy atom. The molecule has 0 unspecified atom stereocenters. The zero-order valence-electron chi connectivity index (χ0n) is 14.4. The summed E-state index contributed by atoms with van der Waals surface area (Å²) in [6.45, 7) is 1.16. The maximum atomic E-state index is 13.1. The van der Waals surface area contributed by atoms with Crippen molar-refractivity contribution >= 4 is 0 Å². The molecule has 5 nitrogen and oxygen atoms in total. The molecule has 134 valence electrons. The van der Waals surface area contributed by atoms with Crippen LogP contribution in [-0.4, -0.2) is 19.3 Å². The summed E-state index contributed by atoms with van der Waals surface area (Å²) in [7, 11) is 0. The van der Waals surface area contributed by atoms with E-state index in [2.05, 4.69) is 10.1 Å². The zero-order chi connectivity index (χ0) is 18.4. The van der Waals surface area contributed by atoms with Crippen molar-refractivity contribution in [3.63, 3.8) is 0 Å². The summed E-state index contributed by atoms with van der Waals surface area (Å²) < 4.78 is 27.8. The van der Waals surface area contributed by atoms with Crippen molar-refractivity contribution in [2.75, 3.05) is 0 Å². The Hall–Kier alpha value is -2.83. The molecule has 1 aliphatic rings. The minimum absolute atomic E-state index is 0.0341. The summed E-state index contributed by atoms with van der Waals surface area (Å²) in [5.74, 6) is 0.0942. The summed E-state index contributed by atoms with van der Waals surface area (Å²) in [6.07, 6.45) is 7.00. The van der Waals surface area contributed by atoms with Gasteiger partial charge in [-0.2, -0.15) is 13.9 Å². The van der Waals surface area contributed by atoms with E-state index in [4.69, 9.17) is 0 Å². The molecule has 1 fully saturated rings. The van der Waals surface area contributed by atoms with Crippen molar-refractivity contribution in [1.29, 1.82) is 0 Å². The average molecular weight is 356 g/mol. The van der Waals surface area contributed by atoms with Crippen molar-refractivity contribution in [3.8, 4) is 5.69 Å². The Kier molecular flexibility index (Phi) is 3.94. The maximum Gasteiger partial charge on any atom is 0.333 e. The highest BCUT2D eigenvalue weighted by atomic mass is 19.3. The number of nitrogens with zero attached hydrogens (tertiary/aromatic N) is 4. The van der Waals surface area contributed by atoms with Crippen LogP contribution in [0.1, 0.15) is 47.2 Å². The highest BCUT2D eigenvalue weighted by molar-refractivity contribution is 5.42. The third kappa shape index (κ3) is 2.73. The first-order valence-electron chi connectivity index (χ1n) is 8.43. The first kappa shape index (κ1) is 16.6.